The number of benzene rings is 1. The largest absolute Gasteiger partial charge is 0.330 e. The van der Waals surface area contributed by atoms with E-state index in [0.717, 1.165) is 5.69 Å². The van der Waals surface area contributed by atoms with Crippen molar-refractivity contribution in [2.75, 3.05) is 18.5 Å². The molecule has 0 fully saturated rings. The molecule has 0 spiro atoms. The van der Waals surface area contributed by atoms with Crippen LogP contribution in [0.4, 0.5) is 5.69 Å². The number of anilines is 1. The summed E-state index contributed by atoms with van der Waals surface area (Å²) in [5.41, 5.74) is 6.48. The maximum absolute atomic E-state index is 12.2. The average molecular weight is 255 g/mol. The number of hydrogen-bond acceptors (Lipinski definition) is 2. The van der Waals surface area contributed by atoms with Gasteiger partial charge in [0.05, 0.1) is 5.92 Å². The Bertz CT molecular complexity index is 376. The highest BCUT2D eigenvalue weighted by molar-refractivity contribution is 6.30. The summed E-state index contributed by atoms with van der Waals surface area (Å²) in [6, 6.07) is 7.20. The monoisotopic (exact) mass is 254 g/mol. The van der Waals surface area contributed by atoms with Gasteiger partial charge in [-0.3, -0.25) is 4.79 Å². The van der Waals surface area contributed by atoms with Crippen LogP contribution in [0.5, 0.6) is 0 Å². The second kappa shape index (κ2) is 6.03. The fraction of sp³-hybridized carbons (Fsp3) is 0.462. The molecule has 1 aromatic carbocycles. The van der Waals surface area contributed by atoms with E-state index >= 15 is 0 Å². The zero-order valence-corrected chi connectivity index (χ0v) is 11.2. The number of halogens is 1. The Morgan fingerprint density at radius 2 is 1.88 bits per heavy atom. The molecule has 17 heavy (non-hydrogen) atoms. The highest BCUT2D eigenvalue weighted by Gasteiger charge is 2.24. The van der Waals surface area contributed by atoms with Crippen LogP contribution >= 0.6 is 11.6 Å². The smallest absolute Gasteiger partial charge is 0.231 e. The molecule has 2 N–H and O–H groups in total. The summed E-state index contributed by atoms with van der Waals surface area (Å²) in [5.74, 6) is 0.141. The topological polar surface area (TPSA) is 46.3 Å². The first kappa shape index (κ1) is 14.0. The molecule has 1 amide bonds. The van der Waals surface area contributed by atoms with Crippen molar-refractivity contribution < 1.29 is 4.79 Å². The van der Waals surface area contributed by atoms with Crippen LogP contribution < -0.4 is 10.6 Å². The van der Waals surface area contributed by atoms with E-state index in [0.29, 0.717) is 11.6 Å². The van der Waals surface area contributed by atoms with E-state index in [1.165, 1.54) is 0 Å². The van der Waals surface area contributed by atoms with Crippen molar-refractivity contribution in [2.45, 2.75) is 13.8 Å². The molecule has 94 valence electrons. The van der Waals surface area contributed by atoms with Gasteiger partial charge < -0.3 is 10.6 Å². The molecular weight excluding hydrogens is 236 g/mol. The number of amides is 1. The Labute approximate surface area is 108 Å². The van der Waals surface area contributed by atoms with Crippen LogP contribution in [0.3, 0.4) is 0 Å². The molecule has 0 heterocycles. The molecule has 0 radical (unpaired) electrons. The molecule has 1 atom stereocenters. The lowest BCUT2D eigenvalue weighted by Gasteiger charge is -2.25. The van der Waals surface area contributed by atoms with Gasteiger partial charge in [-0.2, -0.15) is 0 Å². The van der Waals surface area contributed by atoms with Gasteiger partial charge in [0.25, 0.3) is 0 Å². The third-order valence-corrected chi connectivity index (χ3v) is 3.17. The molecule has 4 heteroatoms. The highest BCUT2D eigenvalue weighted by atomic mass is 35.5. The maximum Gasteiger partial charge on any atom is 0.231 e. The second-order valence-electron chi connectivity index (χ2n) is 4.46. The van der Waals surface area contributed by atoms with Crippen LogP contribution in [-0.2, 0) is 4.79 Å². The number of hydrogen-bond donors (Lipinski definition) is 1. The Balaban J connectivity index is 2.85. The lowest BCUT2D eigenvalue weighted by Crippen LogP contribution is -2.39. The van der Waals surface area contributed by atoms with Gasteiger partial charge in [-0.15, -0.1) is 0 Å². The van der Waals surface area contributed by atoms with Crippen LogP contribution in [0.15, 0.2) is 24.3 Å². The van der Waals surface area contributed by atoms with Gasteiger partial charge in [-0.1, -0.05) is 25.4 Å². The van der Waals surface area contributed by atoms with E-state index in [2.05, 4.69) is 0 Å². The summed E-state index contributed by atoms with van der Waals surface area (Å²) < 4.78 is 0. The molecule has 0 saturated heterocycles. The molecule has 0 aliphatic heterocycles. The average Bonchev–Trinajstić information content (AvgIpc) is 2.29. The predicted molar refractivity (Wildman–Crippen MR) is 72.2 cm³/mol. The zero-order valence-electron chi connectivity index (χ0n) is 10.5. The predicted octanol–water partition coefficient (Wildman–Crippen LogP) is 2.53. The van der Waals surface area contributed by atoms with Crippen molar-refractivity contribution in [1.29, 1.82) is 0 Å². The summed E-state index contributed by atoms with van der Waals surface area (Å²) >= 11 is 5.81. The van der Waals surface area contributed by atoms with Gasteiger partial charge in [-0.25, -0.2) is 0 Å². The summed E-state index contributed by atoms with van der Waals surface area (Å²) in [6.45, 7) is 4.38. The van der Waals surface area contributed by atoms with Crippen molar-refractivity contribution >= 4 is 23.2 Å². The minimum Gasteiger partial charge on any atom is -0.330 e. The lowest BCUT2D eigenvalue weighted by molar-refractivity contribution is -0.123. The van der Waals surface area contributed by atoms with Crippen molar-refractivity contribution in [3.63, 3.8) is 0 Å². The quantitative estimate of drug-likeness (QED) is 0.898. The number of carbonyl (C=O) groups excluding carboxylic acids is 1. The summed E-state index contributed by atoms with van der Waals surface area (Å²) in [4.78, 5) is 13.8. The van der Waals surface area contributed by atoms with Crippen LogP contribution in [0.2, 0.25) is 5.02 Å². The molecule has 0 bridgehead atoms. The van der Waals surface area contributed by atoms with E-state index < -0.39 is 0 Å². The Morgan fingerprint density at radius 3 is 2.29 bits per heavy atom. The summed E-state index contributed by atoms with van der Waals surface area (Å²) in [6.07, 6.45) is 0. The van der Waals surface area contributed by atoms with Crippen LogP contribution in [-0.4, -0.2) is 19.5 Å². The molecule has 1 rings (SSSR count). The standard InChI is InChI=1S/C13H19ClN2O/c1-9(2)12(8-15)13(17)16(3)11-6-4-10(14)5-7-11/h4-7,9,12H,8,15H2,1-3H3. The van der Waals surface area contributed by atoms with Crippen molar-refractivity contribution in [1.82, 2.24) is 0 Å². The van der Waals surface area contributed by atoms with Crippen molar-refractivity contribution in [3.05, 3.63) is 29.3 Å². The maximum atomic E-state index is 12.2. The molecule has 0 saturated carbocycles. The lowest BCUT2D eigenvalue weighted by atomic mass is 9.94. The van der Waals surface area contributed by atoms with Crippen molar-refractivity contribution in [3.8, 4) is 0 Å². The van der Waals surface area contributed by atoms with Crippen LogP contribution in [0.25, 0.3) is 0 Å². The fourth-order valence-electron chi connectivity index (χ4n) is 1.70. The van der Waals surface area contributed by atoms with Gasteiger partial charge >= 0.3 is 0 Å². The second-order valence-corrected chi connectivity index (χ2v) is 4.90. The third-order valence-electron chi connectivity index (χ3n) is 2.92. The first-order valence-corrected chi connectivity index (χ1v) is 6.08. The normalized spacial score (nSPS) is 12.6. The molecule has 0 aliphatic rings. The van der Waals surface area contributed by atoms with E-state index in [1.54, 1.807) is 24.1 Å². The molecule has 1 unspecified atom stereocenters. The van der Waals surface area contributed by atoms with Crippen LogP contribution in [0, 0.1) is 11.8 Å². The van der Waals surface area contributed by atoms with Gasteiger partial charge in [0.15, 0.2) is 0 Å². The van der Waals surface area contributed by atoms with Crippen LogP contribution in [0.1, 0.15) is 13.8 Å². The zero-order chi connectivity index (χ0) is 13.0. The fourth-order valence-corrected chi connectivity index (χ4v) is 1.82. The Kier molecular flexibility index (Phi) is 4.97. The van der Waals surface area contributed by atoms with E-state index in [1.807, 2.05) is 26.0 Å². The van der Waals surface area contributed by atoms with Gasteiger partial charge in [0.2, 0.25) is 5.91 Å². The first-order chi connectivity index (χ1) is 7.97. The Morgan fingerprint density at radius 1 is 1.35 bits per heavy atom. The molecular formula is C13H19ClN2O. The third kappa shape index (κ3) is 3.45. The SMILES string of the molecule is CC(C)C(CN)C(=O)N(C)c1ccc(Cl)cc1. The van der Waals surface area contributed by atoms with E-state index in [9.17, 15) is 4.79 Å². The summed E-state index contributed by atoms with van der Waals surface area (Å²) in [7, 11) is 1.76. The number of rotatable bonds is 4. The van der Waals surface area contributed by atoms with Crippen molar-refractivity contribution in [2.24, 2.45) is 17.6 Å². The minimum absolute atomic E-state index is 0.0461. The van der Waals surface area contributed by atoms with Gasteiger partial charge in [0, 0.05) is 24.3 Å². The minimum atomic E-state index is -0.143. The Hall–Kier alpha value is -1.06. The van der Waals surface area contributed by atoms with Gasteiger partial charge in [-0.05, 0) is 30.2 Å². The van der Waals surface area contributed by atoms with Gasteiger partial charge in [0.1, 0.15) is 0 Å². The number of carbonyl (C=O) groups is 1. The van der Waals surface area contributed by atoms with E-state index in [4.69, 9.17) is 17.3 Å². The molecule has 1 aromatic rings. The first-order valence-electron chi connectivity index (χ1n) is 5.70. The molecule has 3 nitrogen and oxygen atoms in total. The van der Waals surface area contributed by atoms with E-state index in [-0.39, 0.29) is 17.7 Å². The number of nitrogens with zero attached hydrogens (tertiary/aromatic N) is 1. The molecule has 0 aromatic heterocycles. The highest BCUT2D eigenvalue weighted by Crippen LogP contribution is 2.20. The summed E-state index contributed by atoms with van der Waals surface area (Å²) in [5, 5.41) is 0.661. The number of nitrogens with two attached hydrogens (primary N) is 1. The molecule has 0 aliphatic carbocycles.